The van der Waals surface area contributed by atoms with Crippen molar-refractivity contribution in [3.8, 4) is 0 Å². The molecule has 3 heterocycles. The van der Waals surface area contributed by atoms with Crippen molar-refractivity contribution in [2.45, 2.75) is 23.9 Å². The monoisotopic (exact) mass is 321 g/mol. The highest BCUT2D eigenvalue weighted by atomic mass is 32.2. The molecular formula is C14H19N5O2S. The van der Waals surface area contributed by atoms with Gasteiger partial charge in [-0.15, -0.1) is 0 Å². The zero-order valence-electron chi connectivity index (χ0n) is 12.6. The number of pyridine rings is 1. The van der Waals surface area contributed by atoms with E-state index in [0.29, 0.717) is 6.54 Å². The van der Waals surface area contributed by atoms with Gasteiger partial charge in [-0.3, -0.25) is 0 Å². The van der Waals surface area contributed by atoms with Crippen LogP contribution in [0.15, 0.2) is 35.7 Å². The zero-order valence-corrected chi connectivity index (χ0v) is 13.4. The van der Waals surface area contributed by atoms with E-state index in [1.807, 2.05) is 18.2 Å². The Bertz CT molecular complexity index is 771. The number of nitrogens with one attached hydrogen (secondary N) is 1. The van der Waals surface area contributed by atoms with Crippen molar-refractivity contribution < 1.29 is 8.42 Å². The van der Waals surface area contributed by atoms with E-state index in [1.165, 1.54) is 16.8 Å². The maximum atomic E-state index is 12.8. The summed E-state index contributed by atoms with van der Waals surface area (Å²) >= 11 is 0. The van der Waals surface area contributed by atoms with Gasteiger partial charge in [0.25, 0.3) is 10.0 Å². The highest BCUT2D eigenvalue weighted by Crippen LogP contribution is 2.35. The van der Waals surface area contributed by atoms with E-state index in [4.69, 9.17) is 0 Å². The molecule has 1 atom stereocenters. The van der Waals surface area contributed by atoms with Crippen LogP contribution in [0.4, 0.5) is 5.82 Å². The Morgan fingerprint density at radius 3 is 2.86 bits per heavy atom. The molecule has 118 valence electrons. The van der Waals surface area contributed by atoms with Crippen molar-refractivity contribution in [2.24, 2.45) is 7.05 Å². The second-order valence-corrected chi connectivity index (χ2v) is 7.19. The van der Waals surface area contributed by atoms with E-state index in [-0.39, 0.29) is 11.1 Å². The Balaban J connectivity index is 1.96. The van der Waals surface area contributed by atoms with Crippen LogP contribution in [0.1, 0.15) is 24.6 Å². The van der Waals surface area contributed by atoms with E-state index >= 15 is 0 Å². The van der Waals surface area contributed by atoms with Gasteiger partial charge in [0.1, 0.15) is 5.82 Å². The fourth-order valence-electron chi connectivity index (χ4n) is 2.74. The Kier molecular flexibility index (Phi) is 3.88. The van der Waals surface area contributed by atoms with Crippen molar-refractivity contribution in [3.63, 3.8) is 0 Å². The molecular weight excluding hydrogens is 302 g/mol. The van der Waals surface area contributed by atoms with Gasteiger partial charge >= 0.3 is 0 Å². The molecule has 1 saturated heterocycles. The predicted molar refractivity (Wildman–Crippen MR) is 82.9 cm³/mol. The third-order valence-corrected chi connectivity index (χ3v) is 5.62. The van der Waals surface area contributed by atoms with Gasteiger partial charge in [0, 0.05) is 26.8 Å². The summed E-state index contributed by atoms with van der Waals surface area (Å²) in [7, 11) is -0.0436. The van der Waals surface area contributed by atoms with E-state index in [1.54, 1.807) is 18.7 Å². The van der Waals surface area contributed by atoms with Crippen LogP contribution in [0, 0.1) is 0 Å². The van der Waals surface area contributed by atoms with E-state index in [0.717, 1.165) is 24.4 Å². The molecule has 0 saturated carbocycles. The van der Waals surface area contributed by atoms with Crippen molar-refractivity contribution in [1.82, 2.24) is 18.8 Å². The number of hydrogen-bond acceptors (Lipinski definition) is 5. The Labute approximate surface area is 130 Å². The van der Waals surface area contributed by atoms with Crippen LogP contribution >= 0.6 is 0 Å². The van der Waals surface area contributed by atoms with Gasteiger partial charge in [-0.2, -0.15) is 4.31 Å². The lowest BCUT2D eigenvalue weighted by atomic mass is 10.1. The summed E-state index contributed by atoms with van der Waals surface area (Å²) in [5.74, 6) is 0.736. The summed E-state index contributed by atoms with van der Waals surface area (Å²) in [6, 6.07) is 5.38. The molecule has 3 rings (SSSR count). The van der Waals surface area contributed by atoms with Gasteiger partial charge < -0.3 is 9.88 Å². The molecule has 0 aliphatic carbocycles. The first-order chi connectivity index (χ1) is 10.5. The first-order valence-corrected chi connectivity index (χ1v) is 8.61. The summed E-state index contributed by atoms with van der Waals surface area (Å²) in [6.07, 6.45) is 4.62. The Morgan fingerprint density at radius 2 is 2.18 bits per heavy atom. The quantitative estimate of drug-likeness (QED) is 0.920. The largest absolute Gasteiger partial charge is 0.373 e. The number of sulfonamides is 1. The number of hydrogen-bond donors (Lipinski definition) is 1. The molecule has 0 amide bonds. The molecule has 0 spiro atoms. The molecule has 1 N–H and O–H groups in total. The molecule has 22 heavy (non-hydrogen) atoms. The minimum Gasteiger partial charge on any atom is -0.373 e. The summed E-state index contributed by atoms with van der Waals surface area (Å²) < 4.78 is 28.7. The summed E-state index contributed by atoms with van der Waals surface area (Å²) in [5.41, 5.74) is 0.767. The topological polar surface area (TPSA) is 80.1 Å². The summed E-state index contributed by atoms with van der Waals surface area (Å²) in [5, 5.41) is 3.07. The van der Waals surface area contributed by atoms with Crippen molar-refractivity contribution in [1.29, 1.82) is 0 Å². The minimum atomic E-state index is -3.59. The van der Waals surface area contributed by atoms with Crippen LogP contribution in [0.3, 0.4) is 0 Å². The Morgan fingerprint density at radius 1 is 1.36 bits per heavy atom. The number of rotatable bonds is 4. The summed E-state index contributed by atoms with van der Waals surface area (Å²) in [6.45, 7) is 0.495. The minimum absolute atomic E-state index is 0.0895. The van der Waals surface area contributed by atoms with Gasteiger partial charge in [0.2, 0.25) is 0 Å². The summed E-state index contributed by atoms with van der Waals surface area (Å²) in [4.78, 5) is 8.49. The maximum Gasteiger partial charge on any atom is 0.262 e. The number of nitrogens with zero attached hydrogens (tertiary/aromatic N) is 4. The molecule has 8 heteroatoms. The van der Waals surface area contributed by atoms with Crippen molar-refractivity contribution in [3.05, 3.63) is 36.4 Å². The van der Waals surface area contributed by atoms with E-state index in [2.05, 4.69) is 15.3 Å². The van der Waals surface area contributed by atoms with Crippen molar-refractivity contribution >= 4 is 15.8 Å². The molecule has 0 aromatic carbocycles. The fraction of sp³-hybridized carbons (Fsp3) is 0.429. The normalized spacial score (nSPS) is 19.5. The first-order valence-electron chi connectivity index (χ1n) is 7.17. The molecule has 0 radical (unpaired) electrons. The van der Waals surface area contributed by atoms with Crippen LogP contribution in [0.25, 0.3) is 0 Å². The molecule has 1 aliphatic rings. The maximum absolute atomic E-state index is 12.8. The van der Waals surface area contributed by atoms with Crippen LogP contribution in [-0.4, -0.2) is 40.9 Å². The molecule has 1 aliphatic heterocycles. The van der Waals surface area contributed by atoms with Gasteiger partial charge in [-0.1, -0.05) is 6.07 Å². The van der Waals surface area contributed by atoms with Crippen molar-refractivity contribution in [2.75, 3.05) is 18.9 Å². The highest BCUT2D eigenvalue weighted by molar-refractivity contribution is 7.89. The lowest BCUT2D eigenvalue weighted by Gasteiger charge is -2.23. The van der Waals surface area contributed by atoms with Gasteiger partial charge in [0.05, 0.1) is 18.1 Å². The lowest BCUT2D eigenvalue weighted by Crippen LogP contribution is -2.31. The van der Waals surface area contributed by atoms with Gasteiger partial charge in [-0.05, 0) is 25.0 Å². The zero-order chi connectivity index (χ0) is 15.7. The molecule has 0 unspecified atom stereocenters. The standard InChI is InChI=1S/C14H19N5O2S/c1-15-13-7-3-5-11(17-13)12-6-4-8-19(12)22(20,21)14-9-18(2)10-16-14/h3,5,7,9-10,12H,4,6,8H2,1-2H3,(H,15,17)/t12-/m1/s1. The molecule has 0 bridgehead atoms. The van der Waals surface area contributed by atoms with E-state index in [9.17, 15) is 8.42 Å². The molecule has 7 nitrogen and oxygen atoms in total. The number of aromatic nitrogens is 3. The van der Waals surface area contributed by atoms with Gasteiger partial charge in [0.15, 0.2) is 5.03 Å². The smallest absolute Gasteiger partial charge is 0.262 e. The molecule has 2 aromatic rings. The molecule has 1 fully saturated rings. The second kappa shape index (κ2) is 5.69. The number of imidazole rings is 1. The predicted octanol–water partition coefficient (Wildman–Crippen LogP) is 1.38. The average molecular weight is 321 g/mol. The Hall–Kier alpha value is -1.93. The fourth-order valence-corrected chi connectivity index (χ4v) is 4.38. The lowest BCUT2D eigenvalue weighted by molar-refractivity contribution is 0.389. The second-order valence-electron chi connectivity index (χ2n) is 5.35. The average Bonchev–Trinajstić information content (AvgIpc) is 3.16. The van der Waals surface area contributed by atoms with Crippen LogP contribution in [-0.2, 0) is 17.1 Å². The van der Waals surface area contributed by atoms with Crippen LogP contribution < -0.4 is 5.32 Å². The third kappa shape index (κ3) is 2.59. The number of aryl methyl sites for hydroxylation is 1. The first kappa shape index (κ1) is 15.0. The SMILES string of the molecule is CNc1cccc([C@H]2CCCN2S(=O)(=O)c2cn(C)cn2)n1. The van der Waals surface area contributed by atoms with Crippen LogP contribution in [0.5, 0.6) is 0 Å². The number of anilines is 1. The highest BCUT2D eigenvalue weighted by Gasteiger charge is 2.38. The molecule has 2 aromatic heterocycles. The van der Waals surface area contributed by atoms with E-state index < -0.39 is 10.0 Å². The third-order valence-electron chi connectivity index (χ3n) is 3.83. The van der Waals surface area contributed by atoms with Crippen LogP contribution in [0.2, 0.25) is 0 Å². The van der Waals surface area contributed by atoms with Gasteiger partial charge in [-0.25, -0.2) is 18.4 Å².